The summed E-state index contributed by atoms with van der Waals surface area (Å²) in [6, 6.07) is 14.7. The Kier molecular flexibility index (Phi) is 5.53. The summed E-state index contributed by atoms with van der Waals surface area (Å²) >= 11 is 1.47. The number of hydrogen-bond donors (Lipinski definition) is 2. The van der Waals surface area contributed by atoms with Crippen molar-refractivity contribution >= 4 is 34.8 Å². The average Bonchev–Trinajstić information content (AvgIpc) is 2.62. The third-order valence-corrected chi connectivity index (χ3v) is 4.76. The lowest BCUT2D eigenvalue weighted by Gasteiger charge is -2.08. The van der Waals surface area contributed by atoms with Crippen molar-refractivity contribution in [3.63, 3.8) is 0 Å². The molecule has 0 aliphatic carbocycles. The number of fused-ring (bicyclic) bond motifs is 1. The number of nitrogens with zero attached hydrogens (tertiary/aromatic N) is 2. The molecular formula is C20H19N3O2S. The number of benzene rings is 2. The smallest absolute Gasteiger partial charge is 0.250 e. The number of carbonyl (C=O) groups is 1. The SMILES string of the molecule is Cc1ccc2nc(C)cc(SCC(=O)N/N=C/c3ccc(O)cc3)c2c1. The molecule has 2 N–H and O–H groups in total. The van der Waals surface area contributed by atoms with E-state index in [0.29, 0.717) is 0 Å². The van der Waals surface area contributed by atoms with Gasteiger partial charge in [-0.05, 0) is 61.9 Å². The summed E-state index contributed by atoms with van der Waals surface area (Å²) in [5.41, 5.74) is 6.33. The molecule has 1 aromatic heterocycles. The highest BCUT2D eigenvalue weighted by molar-refractivity contribution is 8.00. The van der Waals surface area contributed by atoms with E-state index in [1.54, 1.807) is 24.3 Å². The molecule has 132 valence electrons. The van der Waals surface area contributed by atoms with Crippen LogP contribution in [0.5, 0.6) is 5.75 Å². The van der Waals surface area contributed by atoms with Gasteiger partial charge in [-0.3, -0.25) is 9.78 Å². The first-order chi connectivity index (χ1) is 12.5. The first-order valence-electron chi connectivity index (χ1n) is 8.13. The van der Waals surface area contributed by atoms with Gasteiger partial charge < -0.3 is 5.11 Å². The molecule has 3 aromatic rings. The van der Waals surface area contributed by atoms with Crippen LogP contribution in [0.2, 0.25) is 0 Å². The molecule has 5 nitrogen and oxygen atoms in total. The quantitative estimate of drug-likeness (QED) is 0.410. The maximum atomic E-state index is 12.0. The highest BCUT2D eigenvalue weighted by Gasteiger charge is 2.08. The van der Waals surface area contributed by atoms with E-state index in [0.717, 1.165) is 32.6 Å². The number of aromatic hydroxyl groups is 1. The largest absolute Gasteiger partial charge is 0.508 e. The lowest BCUT2D eigenvalue weighted by atomic mass is 10.1. The minimum absolute atomic E-state index is 0.180. The molecule has 0 saturated carbocycles. The van der Waals surface area contributed by atoms with E-state index in [4.69, 9.17) is 0 Å². The van der Waals surface area contributed by atoms with Crippen LogP contribution in [0.1, 0.15) is 16.8 Å². The molecule has 0 fully saturated rings. The number of carbonyl (C=O) groups excluding carboxylic acids is 1. The van der Waals surface area contributed by atoms with Crippen LogP contribution in [0, 0.1) is 13.8 Å². The van der Waals surface area contributed by atoms with E-state index >= 15 is 0 Å². The number of aromatic nitrogens is 1. The number of phenols is 1. The van der Waals surface area contributed by atoms with Crippen LogP contribution in [0.25, 0.3) is 10.9 Å². The van der Waals surface area contributed by atoms with Gasteiger partial charge >= 0.3 is 0 Å². The molecule has 26 heavy (non-hydrogen) atoms. The van der Waals surface area contributed by atoms with Gasteiger partial charge in [-0.25, -0.2) is 5.43 Å². The third-order valence-electron chi connectivity index (χ3n) is 3.71. The molecular weight excluding hydrogens is 346 g/mol. The Labute approximate surface area is 156 Å². The Hall–Kier alpha value is -2.86. The van der Waals surface area contributed by atoms with Crippen LogP contribution in [-0.2, 0) is 4.79 Å². The first kappa shape index (κ1) is 17.9. The topological polar surface area (TPSA) is 74.6 Å². The maximum Gasteiger partial charge on any atom is 0.250 e. The van der Waals surface area contributed by atoms with Gasteiger partial charge in [0, 0.05) is 16.0 Å². The maximum absolute atomic E-state index is 12.0. The zero-order chi connectivity index (χ0) is 18.5. The molecule has 0 spiro atoms. The summed E-state index contributed by atoms with van der Waals surface area (Å²) in [5, 5.41) is 14.2. The summed E-state index contributed by atoms with van der Waals surface area (Å²) in [6.45, 7) is 3.99. The van der Waals surface area contributed by atoms with E-state index < -0.39 is 0 Å². The monoisotopic (exact) mass is 365 g/mol. The lowest BCUT2D eigenvalue weighted by molar-refractivity contribution is -0.118. The van der Waals surface area contributed by atoms with Gasteiger partial charge in [0.2, 0.25) is 5.91 Å². The Morgan fingerprint density at radius 2 is 1.96 bits per heavy atom. The minimum atomic E-state index is -0.180. The number of nitrogens with one attached hydrogen (secondary N) is 1. The molecule has 0 radical (unpaired) electrons. The first-order valence-corrected chi connectivity index (χ1v) is 9.11. The molecule has 2 aromatic carbocycles. The Morgan fingerprint density at radius 3 is 2.73 bits per heavy atom. The molecule has 0 atom stereocenters. The number of phenolic OH excluding ortho intramolecular Hbond substituents is 1. The number of amides is 1. The molecule has 0 saturated heterocycles. The molecule has 6 heteroatoms. The fraction of sp³-hybridized carbons (Fsp3) is 0.150. The van der Waals surface area contributed by atoms with Crippen molar-refractivity contribution < 1.29 is 9.90 Å². The van der Waals surface area contributed by atoms with Crippen LogP contribution in [-0.4, -0.2) is 28.0 Å². The zero-order valence-electron chi connectivity index (χ0n) is 14.6. The second kappa shape index (κ2) is 8.01. The van der Waals surface area contributed by atoms with E-state index in [1.165, 1.54) is 18.0 Å². The number of aryl methyl sites for hydroxylation is 2. The number of rotatable bonds is 5. The highest BCUT2D eigenvalue weighted by Crippen LogP contribution is 2.28. The molecule has 0 aliphatic heterocycles. The fourth-order valence-corrected chi connectivity index (χ4v) is 3.39. The summed E-state index contributed by atoms with van der Waals surface area (Å²) < 4.78 is 0. The molecule has 3 rings (SSSR count). The van der Waals surface area contributed by atoms with Crippen molar-refractivity contribution in [1.29, 1.82) is 0 Å². The van der Waals surface area contributed by atoms with Gasteiger partial charge in [0.15, 0.2) is 0 Å². The van der Waals surface area contributed by atoms with E-state index in [9.17, 15) is 9.90 Å². The second-order valence-electron chi connectivity index (χ2n) is 5.96. The average molecular weight is 365 g/mol. The van der Waals surface area contributed by atoms with Gasteiger partial charge in [0.1, 0.15) is 5.75 Å². The van der Waals surface area contributed by atoms with E-state index in [-0.39, 0.29) is 17.4 Å². The van der Waals surface area contributed by atoms with Crippen molar-refractivity contribution in [3.8, 4) is 5.75 Å². The van der Waals surface area contributed by atoms with Gasteiger partial charge in [-0.1, -0.05) is 11.6 Å². The van der Waals surface area contributed by atoms with Crippen molar-refractivity contribution in [3.05, 3.63) is 65.4 Å². The summed E-state index contributed by atoms with van der Waals surface area (Å²) in [4.78, 5) is 17.6. The van der Waals surface area contributed by atoms with Crippen molar-refractivity contribution in [2.45, 2.75) is 18.7 Å². The summed E-state index contributed by atoms with van der Waals surface area (Å²) in [7, 11) is 0. The highest BCUT2D eigenvalue weighted by atomic mass is 32.2. The van der Waals surface area contributed by atoms with Gasteiger partial charge in [0.25, 0.3) is 0 Å². The fourth-order valence-electron chi connectivity index (χ4n) is 2.47. The summed E-state index contributed by atoms with van der Waals surface area (Å²) in [5.74, 6) is 0.275. The zero-order valence-corrected chi connectivity index (χ0v) is 15.4. The van der Waals surface area contributed by atoms with Crippen molar-refractivity contribution in [1.82, 2.24) is 10.4 Å². The lowest BCUT2D eigenvalue weighted by Crippen LogP contribution is -2.19. The molecule has 0 aliphatic rings. The van der Waals surface area contributed by atoms with Crippen LogP contribution >= 0.6 is 11.8 Å². The standard InChI is InChI=1S/C20H19N3O2S/c1-13-3-8-18-17(9-13)19(10-14(2)22-18)26-12-20(25)23-21-11-15-4-6-16(24)7-5-15/h3-11,24H,12H2,1-2H3,(H,23,25)/b21-11+. The number of hydrogen-bond acceptors (Lipinski definition) is 5. The summed E-state index contributed by atoms with van der Waals surface area (Å²) in [6.07, 6.45) is 1.54. The van der Waals surface area contributed by atoms with Crippen LogP contribution < -0.4 is 5.43 Å². The predicted octanol–water partition coefficient (Wildman–Crippen LogP) is 3.80. The Balaban J connectivity index is 1.63. The Morgan fingerprint density at radius 1 is 1.19 bits per heavy atom. The van der Waals surface area contributed by atoms with Gasteiger partial charge in [-0.2, -0.15) is 5.10 Å². The van der Waals surface area contributed by atoms with Gasteiger partial charge in [0.05, 0.1) is 17.5 Å². The van der Waals surface area contributed by atoms with Crippen LogP contribution in [0.3, 0.4) is 0 Å². The van der Waals surface area contributed by atoms with Crippen molar-refractivity contribution in [2.24, 2.45) is 5.10 Å². The van der Waals surface area contributed by atoms with E-state index in [2.05, 4.69) is 21.6 Å². The molecule has 0 bridgehead atoms. The second-order valence-corrected chi connectivity index (χ2v) is 6.97. The third kappa shape index (κ3) is 4.61. The van der Waals surface area contributed by atoms with E-state index in [1.807, 2.05) is 32.0 Å². The number of pyridine rings is 1. The minimum Gasteiger partial charge on any atom is -0.508 e. The number of thioether (sulfide) groups is 1. The normalized spacial score (nSPS) is 11.2. The molecule has 1 heterocycles. The molecule has 0 unspecified atom stereocenters. The molecule has 1 amide bonds. The number of hydrazone groups is 1. The van der Waals surface area contributed by atoms with Crippen LogP contribution in [0.4, 0.5) is 0 Å². The van der Waals surface area contributed by atoms with Gasteiger partial charge in [-0.15, -0.1) is 11.8 Å². The van der Waals surface area contributed by atoms with Crippen LogP contribution in [0.15, 0.2) is 58.5 Å². The predicted molar refractivity (Wildman–Crippen MR) is 106 cm³/mol. The Bertz CT molecular complexity index is 969. The van der Waals surface area contributed by atoms with Crippen molar-refractivity contribution in [2.75, 3.05) is 5.75 Å².